The molecule has 5 aromatic rings. The molecule has 0 bridgehead atoms. The first-order valence-corrected chi connectivity index (χ1v) is 13.9. The molecule has 0 saturated carbocycles. The Morgan fingerprint density at radius 2 is 1.84 bits per heavy atom. The number of hydrogen-bond donors (Lipinski definition) is 1. The van der Waals surface area contributed by atoms with E-state index >= 15 is 0 Å². The number of rotatable bonds is 11. The largest absolute Gasteiger partial charge is 0.493 e. The van der Waals surface area contributed by atoms with Crippen LogP contribution in [0.5, 0.6) is 5.75 Å². The van der Waals surface area contributed by atoms with Crippen LogP contribution < -0.4 is 10.1 Å². The molecule has 5 rings (SSSR count). The van der Waals surface area contributed by atoms with Gasteiger partial charge in [-0.15, -0.1) is 0 Å². The molecule has 43 heavy (non-hydrogen) atoms. The van der Waals surface area contributed by atoms with E-state index in [9.17, 15) is 19.2 Å². The summed E-state index contributed by atoms with van der Waals surface area (Å²) < 4.78 is 21.1. The Kier molecular flexibility index (Phi) is 9.29. The lowest BCUT2D eigenvalue weighted by Crippen LogP contribution is -2.44. The van der Waals surface area contributed by atoms with Crippen molar-refractivity contribution in [2.45, 2.75) is 25.6 Å². The number of carbonyl (C=O) groups excluding carboxylic acids is 2. The Morgan fingerprint density at radius 3 is 2.58 bits per heavy atom. The van der Waals surface area contributed by atoms with Crippen LogP contribution in [0.4, 0.5) is 4.39 Å². The molecule has 8 nitrogen and oxygen atoms in total. The molecule has 0 spiro atoms. The van der Waals surface area contributed by atoms with Crippen molar-refractivity contribution in [2.24, 2.45) is 0 Å². The topological polar surface area (TPSA) is 99.7 Å². The Balaban J connectivity index is 1.46. The zero-order valence-corrected chi connectivity index (χ0v) is 23.7. The minimum atomic E-state index is -1.07. The van der Waals surface area contributed by atoms with Crippen LogP contribution in [0.3, 0.4) is 0 Å². The lowest BCUT2D eigenvalue weighted by Gasteiger charge is -2.31. The highest BCUT2D eigenvalue weighted by Gasteiger charge is 2.32. The number of nitriles is 1. The number of fused-ring (bicyclic) bond motifs is 1. The molecule has 10 heteroatoms. The number of benzene rings is 3. The summed E-state index contributed by atoms with van der Waals surface area (Å²) in [6.07, 6.45) is 3.51. The highest BCUT2D eigenvalue weighted by Crippen LogP contribution is 2.26. The number of imidazole rings is 1. The van der Waals surface area contributed by atoms with E-state index in [1.165, 1.54) is 17.0 Å². The van der Waals surface area contributed by atoms with Gasteiger partial charge in [0.2, 0.25) is 11.8 Å². The number of aromatic nitrogens is 2. The zero-order valence-electron chi connectivity index (χ0n) is 23.0. The molecule has 0 aliphatic rings. The van der Waals surface area contributed by atoms with Gasteiger partial charge < -0.3 is 19.4 Å². The number of nitrogens with one attached hydrogen (secondary N) is 1. The molecule has 1 atom stereocenters. The first-order valence-electron chi connectivity index (χ1n) is 13.5. The van der Waals surface area contributed by atoms with Crippen LogP contribution in [0.1, 0.15) is 35.0 Å². The zero-order chi connectivity index (χ0) is 30.2. The van der Waals surface area contributed by atoms with Crippen molar-refractivity contribution in [1.82, 2.24) is 19.6 Å². The molecule has 2 amide bonds. The number of pyridine rings is 1. The quantitative estimate of drug-likeness (QED) is 0.206. The minimum Gasteiger partial charge on any atom is -0.493 e. The summed E-state index contributed by atoms with van der Waals surface area (Å²) in [7, 11) is 0. The van der Waals surface area contributed by atoms with E-state index in [2.05, 4.69) is 16.4 Å². The van der Waals surface area contributed by atoms with E-state index in [1.807, 2.05) is 28.8 Å². The smallest absolute Gasteiger partial charge is 0.247 e. The van der Waals surface area contributed by atoms with Crippen molar-refractivity contribution >= 4 is 28.9 Å². The lowest BCUT2D eigenvalue weighted by molar-refractivity contribution is -0.142. The maximum absolute atomic E-state index is 13.9. The summed E-state index contributed by atoms with van der Waals surface area (Å²) in [4.78, 5) is 33.8. The predicted molar refractivity (Wildman–Crippen MR) is 159 cm³/mol. The summed E-state index contributed by atoms with van der Waals surface area (Å²) in [6, 6.07) is 25.9. The van der Waals surface area contributed by atoms with Crippen molar-refractivity contribution in [1.29, 1.82) is 5.26 Å². The molecule has 0 aliphatic carbocycles. The van der Waals surface area contributed by atoms with Gasteiger partial charge >= 0.3 is 0 Å². The number of carbonyl (C=O) groups is 2. The number of nitrogens with zero attached hydrogens (tertiary/aromatic N) is 4. The molecule has 0 radical (unpaired) electrons. The van der Waals surface area contributed by atoms with Gasteiger partial charge in [-0.2, -0.15) is 5.26 Å². The second kappa shape index (κ2) is 13.6. The van der Waals surface area contributed by atoms with Crippen LogP contribution in [0.25, 0.3) is 5.52 Å². The second-order valence-corrected chi connectivity index (χ2v) is 10.2. The Hall–Kier alpha value is -5.20. The lowest BCUT2D eigenvalue weighted by atomic mass is 10.0. The fraction of sp³-hybridized carbons (Fsp3) is 0.152. The first-order chi connectivity index (χ1) is 20.9. The van der Waals surface area contributed by atoms with Gasteiger partial charge in [-0.1, -0.05) is 48.0 Å². The van der Waals surface area contributed by atoms with Crippen LogP contribution in [0, 0.1) is 17.1 Å². The van der Waals surface area contributed by atoms with Gasteiger partial charge in [0.15, 0.2) is 0 Å². The van der Waals surface area contributed by atoms with E-state index in [4.69, 9.17) is 16.3 Å². The second-order valence-electron chi connectivity index (χ2n) is 9.73. The fourth-order valence-corrected chi connectivity index (χ4v) is 4.83. The van der Waals surface area contributed by atoms with Gasteiger partial charge in [-0.3, -0.25) is 9.59 Å². The monoisotopic (exact) mass is 595 g/mol. The number of ether oxygens (including phenoxy) is 1. The summed E-state index contributed by atoms with van der Waals surface area (Å²) >= 11 is 6.06. The van der Waals surface area contributed by atoms with Crippen molar-refractivity contribution in [3.63, 3.8) is 0 Å². The summed E-state index contributed by atoms with van der Waals surface area (Å²) in [5, 5.41) is 12.7. The van der Waals surface area contributed by atoms with Gasteiger partial charge in [0.25, 0.3) is 0 Å². The van der Waals surface area contributed by atoms with Crippen molar-refractivity contribution in [2.75, 3.05) is 6.61 Å². The Bertz CT molecular complexity index is 1770. The summed E-state index contributed by atoms with van der Waals surface area (Å²) in [6.45, 7) is 0.191. The third kappa shape index (κ3) is 7.36. The fourth-order valence-electron chi connectivity index (χ4n) is 4.65. The van der Waals surface area contributed by atoms with Gasteiger partial charge in [0.1, 0.15) is 23.4 Å². The van der Waals surface area contributed by atoms with E-state index in [0.717, 1.165) is 5.52 Å². The van der Waals surface area contributed by atoms with Crippen LogP contribution in [0.2, 0.25) is 5.02 Å². The standard InChI is InChI=1S/C33H27ClFN5O3/c34-26-4-3-6-29(18-26)43-17-15-31(41)40(22-30-37-21-28-5-1-2-16-39(28)30)32(25-11-7-23(19-36)8-12-25)33(42)38-20-24-9-13-27(35)14-10-24/h1-14,16,18,21,32H,15,17,20,22H2,(H,38,42). The third-order valence-electron chi connectivity index (χ3n) is 6.82. The maximum Gasteiger partial charge on any atom is 0.247 e. The molecule has 3 aromatic carbocycles. The number of amides is 2. The molecule has 2 aromatic heterocycles. The molecule has 2 heterocycles. The molecule has 0 aliphatic heterocycles. The molecule has 0 saturated heterocycles. The molecular formula is C33H27ClFN5O3. The maximum atomic E-state index is 13.9. The van der Waals surface area contributed by atoms with Crippen molar-refractivity contribution < 1.29 is 18.7 Å². The normalized spacial score (nSPS) is 11.5. The average Bonchev–Trinajstić information content (AvgIpc) is 3.43. The van der Waals surface area contributed by atoms with Gasteiger partial charge in [0.05, 0.1) is 42.9 Å². The Labute approximate surface area is 252 Å². The average molecular weight is 596 g/mol. The summed E-state index contributed by atoms with van der Waals surface area (Å²) in [5.74, 6) is -0.0919. The van der Waals surface area contributed by atoms with E-state index in [0.29, 0.717) is 33.3 Å². The van der Waals surface area contributed by atoms with E-state index < -0.39 is 11.9 Å². The molecular weight excluding hydrogens is 569 g/mol. The van der Waals surface area contributed by atoms with Crippen molar-refractivity contribution in [3.05, 3.63) is 137 Å². The van der Waals surface area contributed by atoms with Crippen molar-refractivity contribution in [3.8, 4) is 11.8 Å². The van der Waals surface area contributed by atoms with Crippen LogP contribution in [-0.2, 0) is 22.7 Å². The SMILES string of the molecule is N#Cc1ccc(C(C(=O)NCc2ccc(F)cc2)N(Cc2ncc3ccccn23)C(=O)CCOc2cccc(Cl)c2)cc1. The molecule has 1 N–H and O–H groups in total. The van der Waals surface area contributed by atoms with Gasteiger partial charge in [0, 0.05) is 17.8 Å². The first kappa shape index (κ1) is 29.3. The van der Waals surface area contributed by atoms with Crippen LogP contribution >= 0.6 is 11.6 Å². The highest BCUT2D eigenvalue weighted by atomic mass is 35.5. The molecule has 216 valence electrons. The number of halogens is 2. The third-order valence-corrected chi connectivity index (χ3v) is 7.06. The van der Waals surface area contributed by atoms with Crippen LogP contribution in [0.15, 0.2) is 103 Å². The van der Waals surface area contributed by atoms with E-state index in [-0.39, 0.29) is 37.8 Å². The van der Waals surface area contributed by atoms with Gasteiger partial charge in [-0.25, -0.2) is 9.37 Å². The van der Waals surface area contributed by atoms with Crippen LogP contribution in [-0.4, -0.2) is 32.7 Å². The van der Waals surface area contributed by atoms with E-state index in [1.54, 1.807) is 66.9 Å². The van der Waals surface area contributed by atoms with Gasteiger partial charge in [-0.05, 0) is 65.7 Å². The Morgan fingerprint density at radius 1 is 1.05 bits per heavy atom. The minimum absolute atomic E-state index is 0.0167. The molecule has 1 unspecified atom stereocenters. The molecule has 0 fully saturated rings. The summed E-state index contributed by atoms with van der Waals surface area (Å²) in [5.41, 5.74) is 2.46. The predicted octanol–water partition coefficient (Wildman–Crippen LogP) is 5.85. The highest BCUT2D eigenvalue weighted by molar-refractivity contribution is 6.30. The number of hydrogen-bond acceptors (Lipinski definition) is 5.